The number of carbonyl (C=O) groups is 2. The van der Waals surface area contributed by atoms with Gasteiger partial charge in [0.1, 0.15) is 5.60 Å². The number of anilines is 1. The molecule has 5 heteroatoms. The molecule has 0 spiro atoms. The maximum Gasteiger partial charge on any atom is 0.336 e. The molecule has 0 bridgehead atoms. The molecule has 5 nitrogen and oxygen atoms in total. The molecule has 0 saturated carbocycles. The first-order valence-corrected chi connectivity index (χ1v) is 6.63. The van der Waals surface area contributed by atoms with Gasteiger partial charge in [0.2, 0.25) is 0 Å². The zero-order valence-corrected chi connectivity index (χ0v) is 11.9. The Balaban J connectivity index is 2.27. The molecule has 1 atom stereocenters. The highest BCUT2D eigenvalue weighted by molar-refractivity contribution is 5.99. The van der Waals surface area contributed by atoms with Crippen molar-refractivity contribution in [2.75, 3.05) is 11.9 Å². The number of aryl methyl sites for hydroxylation is 2. The molecule has 1 saturated heterocycles. The Bertz CT molecular complexity index is 559. The van der Waals surface area contributed by atoms with E-state index in [1.807, 2.05) is 6.92 Å². The van der Waals surface area contributed by atoms with Crippen molar-refractivity contribution in [2.24, 2.45) is 0 Å². The number of rotatable bonds is 3. The lowest BCUT2D eigenvalue weighted by Crippen LogP contribution is -2.39. The summed E-state index contributed by atoms with van der Waals surface area (Å²) in [6.45, 7) is 5.92. The number of ether oxygens (including phenoxy) is 1. The topological polar surface area (TPSA) is 75.6 Å². The van der Waals surface area contributed by atoms with Crippen LogP contribution in [0.25, 0.3) is 0 Å². The van der Waals surface area contributed by atoms with Crippen LogP contribution in [0.2, 0.25) is 0 Å². The Morgan fingerprint density at radius 2 is 2.00 bits per heavy atom. The Labute approximate surface area is 117 Å². The van der Waals surface area contributed by atoms with Crippen LogP contribution < -0.4 is 5.32 Å². The average molecular weight is 277 g/mol. The zero-order chi connectivity index (χ0) is 14.9. The number of amides is 1. The van der Waals surface area contributed by atoms with Gasteiger partial charge in [-0.2, -0.15) is 0 Å². The zero-order valence-electron chi connectivity index (χ0n) is 11.9. The molecule has 0 aliphatic carbocycles. The van der Waals surface area contributed by atoms with Crippen molar-refractivity contribution in [3.05, 3.63) is 28.8 Å². The van der Waals surface area contributed by atoms with E-state index in [-0.39, 0.29) is 11.5 Å². The molecule has 0 radical (unpaired) electrons. The standard InChI is InChI=1S/C15H19NO4/c1-9-7-10(2)12(8-11(9)13(17)18)16-14(19)15(3)5-4-6-20-15/h7-8H,4-6H2,1-3H3,(H,16,19)(H,17,18). The molecule has 2 N–H and O–H groups in total. The van der Waals surface area contributed by atoms with Crippen LogP contribution in [0.3, 0.4) is 0 Å². The van der Waals surface area contributed by atoms with Gasteiger partial charge >= 0.3 is 5.97 Å². The van der Waals surface area contributed by atoms with Gasteiger partial charge < -0.3 is 15.2 Å². The van der Waals surface area contributed by atoms with E-state index in [0.29, 0.717) is 24.3 Å². The lowest BCUT2D eigenvalue weighted by atomic mass is 10.00. The Hall–Kier alpha value is -1.88. The van der Waals surface area contributed by atoms with E-state index in [1.54, 1.807) is 19.9 Å². The monoisotopic (exact) mass is 277 g/mol. The fraction of sp³-hybridized carbons (Fsp3) is 0.467. The number of carboxylic acids is 1. The number of carboxylic acid groups (broad SMARTS) is 1. The molecule has 1 aliphatic rings. The summed E-state index contributed by atoms with van der Waals surface area (Å²) in [5.41, 5.74) is 1.41. The second-order valence-corrected chi connectivity index (χ2v) is 5.42. The molecule has 108 valence electrons. The molecule has 1 amide bonds. The van der Waals surface area contributed by atoms with E-state index in [1.165, 1.54) is 6.07 Å². The first-order chi connectivity index (χ1) is 9.33. The second-order valence-electron chi connectivity index (χ2n) is 5.42. The van der Waals surface area contributed by atoms with Crippen LogP contribution >= 0.6 is 0 Å². The highest BCUT2D eigenvalue weighted by Gasteiger charge is 2.37. The third kappa shape index (κ3) is 2.67. The van der Waals surface area contributed by atoms with Gasteiger partial charge in [0.25, 0.3) is 5.91 Å². The van der Waals surface area contributed by atoms with Crippen molar-refractivity contribution in [1.82, 2.24) is 0 Å². The molecule has 0 aromatic heterocycles. The molecule has 1 heterocycles. The molecule has 1 aromatic rings. The maximum atomic E-state index is 12.3. The summed E-state index contributed by atoms with van der Waals surface area (Å²) in [4.78, 5) is 23.4. The second kappa shape index (κ2) is 5.25. The van der Waals surface area contributed by atoms with E-state index in [0.717, 1.165) is 12.0 Å². The van der Waals surface area contributed by atoms with Gasteiger partial charge in [0.05, 0.1) is 5.56 Å². The summed E-state index contributed by atoms with van der Waals surface area (Å²) < 4.78 is 5.49. The molecular formula is C15H19NO4. The Morgan fingerprint density at radius 1 is 1.30 bits per heavy atom. The summed E-state index contributed by atoms with van der Waals surface area (Å²) in [5.74, 6) is -1.22. The summed E-state index contributed by atoms with van der Waals surface area (Å²) in [6.07, 6.45) is 1.53. The van der Waals surface area contributed by atoms with Crippen LogP contribution in [0, 0.1) is 13.8 Å². The van der Waals surface area contributed by atoms with Gasteiger partial charge in [-0.05, 0) is 50.8 Å². The van der Waals surface area contributed by atoms with Crippen molar-refractivity contribution in [2.45, 2.75) is 39.2 Å². The van der Waals surface area contributed by atoms with Crippen LogP contribution in [0.5, 0.6) is 0 Å². The van der Waals surface area contributed by atoms with Gasteiger partial charge in [0, 0.05) is 12.3 Å². The van der Waals surface area contributed by atoms with Crippen LogP contribution in [0.4, 0.5) is 5.69 Å². The van der Waals surface area contributed by atoms with Crippen LogP contribution in [0.15, 0.2) is 12.1 Å². The predicted molar refractivity (Wildman–Crippen MR) is 75.1 cm³/mol. The molecule has 1 aromatic carbocycles. The minimum atomic E-state index is -0.999. The fourth-order valence-electron chi connectivity index (χ4n) is 2.43. The van der Waals surface area contributed by atoms with Crippen molar-refractivity contribution in [3.8, 4) is 0 Å². The molecule has 1 aliphatic heterocycles. The van der Waals surface area contributed by atoms with Crippen molar-refractivity contribution in [1.29, 1.82) is 0 Å². The maximum absolute atomic E-state index is 12.3. The number of nitrogens with one attached hydrogen (secondary N) is 1. The van der Waals surface area contributed by atoms with Crippen molar-refractivity contribution >= 4 is 17.6 Å². The average Bonchev–Trinajstić information content (AvgIpc) is 2.80. The van der Waals surface area contributed by atoms with E-state index in [2.05, 4.69) is 5.32 Å². The molecular weight excluding hydrogens is 258 g/mol. The number of benzene rings is 1. The molecule has 1 unspecified atom stereocenters. The molecule has 2 rings (SSSR count). The summed E-state index contributed by atoms with van der Waals surface area (Å²) >= 11 is 0. The minimum Gasteiger partial charge on any atom is -0.478 e. The van der Waals surface area contributed by atoms with E-state index in [4.69, 9.17) is 9.84 Å². The predicted octanol–water partition coefficient (Wildman–Crippen LogP) is 2.51. The third-order valence-electron chi connectivity index (χ3n) is 3.75. The summed E-state index contributed by atoms with van der Waals surface area (Å²) in [5, 5.41) is 11.9. The SMILES string of the molecule is Cc1cc(C)c(C(=O)O)cc1NC(=O)C1(C)CCCO1. The van der Waals surface area contributed by atoms with E-state index < -0.39 is 11.6 Å². The van der Waals surface area contributed by atoms with Crippen LogP contribution in [0.1, 0.15) is 41.3 Å². The highest BCUT2D eigenvalue weighted by atomic mass is 16.5. The Kier molecular flexibility index (Phi) is 3.81. The largest absolute Gasteiger partial charge is 0.478 e. The van der Waals surface area contributed by atoms with Gasteiger partial charge in [-0.1, -0.05) is 6.07 Å². The van der Waals surface area contributed by atoms with E-state index in [9.17, 15) is 9.59 Å². The third-order valence-corrected chi connectivity index (χ3v) is 3.75. The smallest absolute Gasteiger partial charge is 0.336 e. The lowest BCUT2D eigenvalue weighted by Gasteiger charge is -2.23. The van der Waals surface area contributed by atoms with Crippen LogP contribution in [-0.4, -0.2) is 29.2 Å². The quantitative estimate of drug-likeness (QED) is 0.890. The van der Waals surface area contributed by atoms with Gasteiger partial charge in [-0.3, -0.25) is 4.79 Å². The normalized spacial score (nSPS) is 21.8. The summed E-state index contributed by atoms with van der Waals surface area (Å²) in [7, 11) is 0. The summed E-state index contributed by atoms with van der Waals surface area (Å²) in [6, 6.07) is 3.26. The lowest BCUT2D eigenvalue weighted by molar-refractivity contribution is -0.133. The van der Waals surface area contributed by atoms with Crippen molar-refractivity contribution < 1.29 is 19.4 Å². The van der Waals surface area contributed by atoms with Gasteiger partial charge in [-0.15, -0.1) is 0 Å². The first kappa shape index (κ1) is 14.5. The number of hydrogen-bond donors (Lipinski definition) is 2. The number of carbonyl (C=O) groups excluding carboxylic acids is 1. The highest BCUT2D eigenvalue weighted by Crippen LogP contribution is 2.28. The van der Waals surface area contributed by atoms with Gasteiger partial charge in [-0.25, -0.2) is 4.79 Å². The van der Waals surface area contributed by atoms with Gasteiger partial charge in [0.15, 0.2) is 0 Å². The first-order valence-electron chi connectivity index (χ1n) is 6.63. The fourth-order valence-corrected chi connectivity index (χ4v) is 2.43. The molecule has 20 heavy (non-hydrogen) atoms. The number of hydrogen-bond acceptors (Lipinski definition) is 3. The number of aromatic carboxylic acids is 1. The van der Waals surface area contributed by atoms with E-state index >= 15 is 0 Å². The van der Waals surface area contributed by atoms with Crippen LogP contribution in [-0.2, 0) is 9.53 Å². The van der Waals surface area contributed by atoms with Crippen molar-refractivity contribution in [3.63, 3.8) is 0 Å². The Morgan fingerprint density at radius 3 is 2.55 bits per heavy atom. The molecule has 1 fully saturated rings. The minimum absolute atomic E-state index is 0.198.